The summed E-state index contributed by atoms with van der Waals surface area (Å²) < 4.78 is 20.8. The predicted molar refractivity (Wildman–Crippen MR) is 154 cm³/mol. The average molecular weight is 542 g/mol. The van der Waals surface area contributed by atoms with Crippen molar-refractivity contribution in [3.05, 3.63) is 59.7 Å². The Labute approximate surface area is 234 Å². The minimum atomic E-state index is -0.244. The van der Waals surface area contributed by atoms with Gasteiger partial charge in [0.1, 0.15) is 5.82 Å². The van der Waals surface area contributed by atoms with Crippen LogP contribution >= 0.6 is 0 Å². The van der Waals surface area contributed by atoms with Gasteiger partial charge in [-0.3, -0.25) is 9.59 Å². The third-order valence-electron chi connectivity index (χ3n) is 7.81. The van der Waals surface area contributed by atoms with Crippen molar-refractivity contribution in [2.75, 3.05) is 26.8 Å². The number of unbranched alkanes of at least 4 members (excludes halogenated alkanes) is 4. The fourth-order valence-electron chi connectivity index (χ4n) is 5.51. The van der Waals surface area contributed by atoms with Gasteiger partial charge in [0.2, 0.25) is 11.8 Å². The zero-order chi connectivity index (χ0) is 27.9. The Kier molecular flexibility index (Phi) is 13.5. The van der Waals surface area contributed by atoms with E-state index in [0.717, 1.165) is 62.6 Å². The number of hydrogen-bond donors (Lipinski definition) is 0. The number of methoxy groups -OCH3 is 1. The molecule has 2 aromatic rings. The third-order valence-corrected chi connectivity index (χ3v) is 7.81. The lowest BCUT2D eigenvalue weighted by atomic mass is 9.94. The van der Waals surface area contributed by atoms with Gasteiger partial charge in [-0.1, -0.05) is 64.0 Å². The number of carbonyl (C=O) groups is 2. The maximum absolute atomic E-state index is 13.9. The van der Waals surface area contributed by atoms with Crippen LogP contribution in [0.1, 0.15) is 95.2 Å². The lowest BCUT2D eigenvalue weighted by Gasteiger charge is -2.36. The van der Waals surface area contributed by atoms with E-state index in [2.05, 4.69) is 17.6 Å². The van der Waals surface area contributed by atoms with Crippen LogP contribution in [0.3, 0.4) is 0 Å². The molecule has 2 amide bonds. The average Bonchev–Trinajstić information content (AvgIpc) is 3.39. The summed E-state index contributed by atoms with van der Waals surface area (Å²) >= 11 is 0. The maximum Gasteiger partial charge on any atom is 0.242 e. The quantitative estimate of drug-likeness (QED) is 0.213. The van der Waals surface area contributed by atoms with E-state index in [-0.39, 0.29) is 30.2 Å². The smallest absolute Gasteiger partial charge is 0.242 e. The van der Waals surface area contributed by atoms with Crippen molar-refractivity contribution < 1.29 is 18.7 Å². The van der Waals surface area contributed by atoms with Crippen LogP contribution in [0.5, 0.6) is 0 Å². The van der Waals surface area contributed by atoms with Gasteiger partial charge in [-0.25, -0.2) is 4.39 Å². The van der Waals surface area contributed by atoms with Crippen molar-refractivity contribution in [1.82, 2.24) is 14.4 Å². The van der Waals surface area contributed by atoms with Gasteiger partial charge in [0.05, 0.1) is 13.1 Å². The van der Waals surface area contributed by atoms with E-state index in [1.807, 2.05) is 17.2 Å². The van der Waals surface area contributed by atoms with E-state index in [0.29, 0.717) is 32.7 Å². The third kappa shape index (κ3) is 10.4. The number of amides is 2. The second kappa shape index (κ2) is 17.1. The molecule has 0 spiro atoms. The number of nitrogens with zero attached hydrogens (tertiary/aromatic N) is 3. The van der Waals surface area contributed by atoms with Gasteiger partial charge in [0, 0.05) is 51.2 Å². The van der Waals surface area contributed by atoms with Gasteiger partial charge in [0.15, 0.2) is 0 Å². The molecule has 0 aliphatic heterocycles. The van der Waals surface area contributed by atoms with Gasteiger partial charge in [-0.2, -0.15) is 0 Å². The zero-order valence-corrected chi connectivity index (χ0v) is 24.1. The molecular formula is C32H48FN3O3. The number of halogens is 1. The molecule has 216 valence electrons. The first-order chi connectivity index (χ1) is 19.0. The molecule has 0 bridgehead atoms. The van der Waals surface area contributed by atoms with Gasteiger partial charge >= 0.3 is 0 Å². The molecule has 3 rings (SSSR count). The topological polar surface area (TPSA) is 54.8 Å². The molecule has 1 heterocycles. The Morgan fingerprint density at radius 2 is 1.72 bits per heavy atom. The summed E-state index contributed by atoms with van der Waals surface area (Å²) in [6.07, 6.45) is 14.1. The Morgan fingerprint density at radius 1 is 0.974 bits per heavy atom. The summed E-state index contributed by atoms with van der Waals surface area (Å²) in [6.45, 7) is 4.53. The zero-order valence-electron chi connectivity index (χ0n) is 24.1. The molecule has 0 N–H and O–H groups in total. The SMILES string of the molecule is CCCCCCCC(=O)N(CCCOC)CC(=O)N(Cc1cccn1Cc1ccc(F)cc1)C1CCCCC1. The minimum absolute atomic E-state index is 0.0215. The van der Waals surface area contributed by atoms with Crippen LogP contribution in [-0.4, -0.2) is 59.0 Å². The summed E-state index contributed by atoms with van der Waals surface area (Å²) in [5.41, 5.74) is 2.06. The molecule has 1 aliphatic rings. The molecule has 0 unspecified atom stereocenters. The molecule has 0 radical (unpaired) electrons. The molecule has 1 saturated carbocycles. The van der Waals surface area contributed by atoms with Crippen molar-refractivity contribution in [2.24, 2.45) is 0 Å². The second-order valence-corrected chi connectivity index (χ2v) is 10.9. The Balaban J connectivity index is 1.71. The number of aromatic nitrogens is 1. The monoisotopic (exact) mass is 541 g/mol. The lowest BCUT2D eigenvalue weighted by molar-refractivity contribution is -0.143. The van der Waals surface area contributed by atoms with Crippen LogP contribution in [0.2, 0.25) is 0 Å². The largest absolute Gasteiger partial charge is 0.385 e. The van der Waals surface area contributed by atoms with Crippen molar-refractivity contribution in [3.8, 4) is 0 Å². The minimum Gasteiger partial charge on any atom is -0.385 e. The second-order valence-electron chi connectivity index (χ2n) is 10.9. The van der Waals surface area contributed by atoms with E-state index in [9.17, 15) is 14.0 Å². The molecule has 0 atom stereocenters. The first kappa shape index (κ1) is 30.9. The molecule has 6 nitrogen and oxygen atoms in total. The van der Waals surface area contributed by atoms with Gasteiger partial charge in [-0.15, -0.1) is 0 Å². The molecule has 1 aliphatic carbocycles. The number of hydrogen-bond acceptors (Lipinski definition) is 3. The van der Waals surface area contributed by atoms with Crippen LogP contribution in [0, 0.1) is 5.82 Å². The first-order valence-electron chi connectivity index (χ1n) is 15.0. The van der Waals surface area contributed by atoms with E-state index < -0.39 is 0 Å². The van der Waals surface area contributed by atoms with Crippen LogP contribution in [0.15, 0.2) is 42.6 Å². The summed E-state index contributed by atoms with van der Waals surface area (Å²) in [7, 11) is 1.66. The molecular weight excluding hydrogens is 493 g/mol. The van der Waals surface area contributed by atoms with E-state index in [4.69, 9.17) is 4.74 Å². The molecule has 0 saturated heterocycles. The molecule has 1 aromatic carbocycles. The van der Waals surface area contributed by atoms with Crippen molar-refractivity contribution in [3.63, 3.8) is 0 Å². The highest BCUT2D eigenvalue weighted by Crippen LogP contribution is 2.25. The maximum atomic E-state index is 13.9. The van der Waals surface area contributed by atoms with Crippen molar-refractivity contribution in [2.45, 2.75) is 103 Å². The highest BCUT2D eigenvalue weighted by molar-refractivity contribution is 5.85. The lowest BCUT2D eigenvalue weighted by Crippen LogP contribution is -2.47. The number of carbonyl (C=O) groups excluding carboxylic acids is 2. The Hall–Kier alpha value is -2.67. The van der Waals surface area contributed by atoms with Crippen molar-refractivity contribution in [1.29, 1.82) is 0 Å². The van der Waals surface area contributed by atoms with Crippen LogP contribution in [0.4, 0.5) is 4.39 Å². The van der Waals surface area contributed by atoms with E-state index in [1.165, 1.54) is 31.4 Å². The summed E-state index contributed by atoms with van der Waals surface area (Å²) in [6, 6.07) is 10.8. The Bertz CT molecular complexity index is 985. The fourth-order valence-corrected chi connectivity index (χ4v) is 5.51. The number of ether oxygens (including phenoxy) is 1. The molecule has 39 heavy (non-hydrogen) atoms. The van der Waals surface area contributed by atoms with Crippen LogP contribution < -0.4 is 0 Å². The molecule has 1 aromatic heterocycles. The molecule has 7 heteroatoms. The van der Waals surface area contributed by atoms with E-state index in [1.54, 1.807) is 24.1 Å². The predicted octanol–water partition coefficient (Wildman–Crippen LogP) is 6.56. The highest BCUT2D eigenvalue weighted by atomic mass is 19.1. The number of rotatable bonds is 17. The molecule has 1 fully saturated rings. The normalized spacial score (nSPS) is 13.9. The number of benzene rings is 1. The summed E-state index contributed by atoms with van der Waals surface area (Å²) in [4.78, 5) is 30.9. The summed E-state index contributed by atoms with van der Waals surface area (Å²) in [5.74, 6) is -0.154. The van der Waals surface area contributed by atoms with Gasteiger partial charge < -0.3 is 19.1 Å². The van der Waals surface area contributed by atoms with Crippen LogP contribution in [-0.2, 0) is 27.4 Å². The van der Waals surface area contributed by atoms with E-state index >= 15 is 0 Å². The highest BCUT2D eigenvalue weighted by Gasteiger charge is 2.28. The van der Waals surface area contributed by atoms with Gasteiger partial charge in [-0.05, 0) is 55.5 Å². The Morgan fingerprint density at radius 3 is 2.44 bits per heavy atom. The van der Waals surface area contributed by atoms with Crippen LogP contribution in [0.25, 0.3) is 0 Å². The van der Waals surface area contributed by atoms with Crippen molar-refractivity contribution >= 4 is 11.8 Å². The van der Waals surface area contributed by atoms with Gasteiger partial charge in [0.25, 0.3) is 0 Å². The fraction of sp³-hybridized carbons (Fsp3) is 0.625. The first-order valence-corrected chi connectivity index (χ1v) is 15.0. The summed E-state index contributed by atoms with van der Waals surface area (Å²) in [5, 5.41) is 0. The standard InChI is InChI=1S/C32H48FN3O3/c1-3-4-5-6-10-16-31(37)35(22-12-23-39-2)26-32(38)36(29-13-8-7-9-14-29)25-30-15-11-21-34(30)24-27-17-19-28(33)20-18-27/h11,15,17-21,29H,3-10,12-14,16,22-26H2,1-2H3.